The molecule has 72 valence electrons. The summed E-state index contributed by atoms with van der Waals surface area (Å²) in [7, 11) is 5.72. The van der Waals surface area contributed by atoms with E-state index >= 15 is 0 Å². The zero-order chi connectivity index (χ0) is 9.40. The smallest absolute Gasteiger partial charge is 0.305 e. The Morgan fingerprint density at radius 2 is 1.92 bits per heavy atom. The summed E-state index contributed by atoms with van der Waals surface area (Å²) >= 11 is 0. The second-order valence-corrected chi connectivity index (χ2v) is 3.34. The van der Waals surface area contributed by atoms with Crippen molar-refractivity contribution in [3.05, 3.63) is 0 Å². The lowest BCUT2D eigenvalue weighted by molar-refractivity contribution is -0.858. The molecule has 0 bridgehead atoms. The maximum absolute atomic E-state index is 10.7. The first-order valence-corrected chi connectivity index (χ1v) is 4.52. The largest absolute Gasteiger partial charge is 0.469 e. The van der Waals surface area contributed by atoms with Crippen molar-refractivity contribution < 1.29 is 14.4 Å². The molecule has 3 nitrogen and oxygen atoms in total. The van der Waals surface area contributed by atoms with E-state index in [1.807, 2.05) is 0 Å². The third-order valence-electron chi connectivity index (χ3n) is 1.79. The van der Waals surface area contributed by atoms with Crippen LogP contribution in [0.2, 0.25) is 0 Å². The number of nitrogens with one attached hydrogen (secondary N) is 1. The fraction of sp³-hybridized carbons (Fsp3) is 0.889. The third kappa shape index (κ3) is 7.54. The standard InChI is InChI=1S/C9H19NO2/c1-10(2)8-6-4-5-7-9(11)12-3/h4-8H2,1-3H3/p+1. The maximum Gasteiger partial charge on any atom is 0.305 e. The van der Waals surface area contributed by atoms with Crippen molar-refractivity contribution in [1.29, 1.82) is 0 Å². The van der Waals surface area contributed by atoms with E-state index < -0.39 is 0 Å². The van der Waals surface area contributed by atoms with E-state index in [9.17, 15) is 4.79 Å². The summed E-state index contributed by atoms with van der Waals surface area (Å²) < 4.78 is 4.53. The zero-order valence-corrected chi connectivity index (χ0v) is 8.35. The van der Waals surface area contributed by atoms with E-state index in [-0.39, 0.29) is 5.97 Å². The van der Waals surface area contributed by atoms with Crippen LogP contribution >= 0.6 is 0 Å². The van der Waals surface area contributed by atoms with Crippen molar-refractivity contribution in [3.63, 3.8) is 0 Å². The minimum atomic E-state index is -0.0906. The van der Waals surface area contributed by atoms with Crippen molar-refractivity contribution in [2.75, 3.05) is 27.7 Å². The number of hydrogen-bond donors (Lipinski definition) is 1. The molecule has 0 aliphatic heterocycles. The van der Waals surface area contributed by atoms with Crippen molar-refractivity contribution in [1.82, 2.24) is 0 Å². The number of unbranched alkanes of at least 4 members (excludes halogenated alkanes) is 2. The van der Waals surface area contributed by atoms with E-state index in [0.717, 1.165) is 12.8 Å². The van der Waals surface area contributed by atoms with Gasteiger partial charge in [-0.05, 0) is 19.3 Å². The summed E-state index contributed by atoms with van der Waals surface area (Å²) in [6, 6.07) is 0. The minimum absolute atomic E-state index is 0.0906. The number of esters is 1. The predicted molar refractivity (Wildman–Crippen MR) is 48.2 cm³/mol. The van der Waals surface area contributed by atoms with Gasteiger partial charge < -0.3 is 9.64 Å². The molecule has 0 amide bonds. The Balaban J connectivity index is 3.05. The predicted octanol–water partition coefficient (Wildman–Crippen LogP) is -0.136. The fourth-order valence-electron chi connectivity index (χ4n) is 1.03. The van der Waals surface area contributed by atoms with Gasteiger partial charge in [-0.3, -0.25) is 4.79 Å². The molecule has 12 heavy (non-hydrogen) atoms. The van der Waals surface area contributed by atoms with Gasteiger partial charge in [-0.25, -0.2) is 0 Å². The van der Waals surface area contributed by atoms with Gasteiger partial charge in [0.2, 0.25) is 0 Å². The summed E-state index contributed by atoms with van der Waals surface area (Å²) in [6.45, 7) is 1.18. The lowest BCUT2D eigenvalue weighted by Crippen LogP contribution is -3.05. The summed E-state index contributed by atoms with van der Waals surface area (Å²) in [5.74, 6) is -0.0906. The molecule has 0 aliphatic carbocycles. The van der Waals surface area contributed by atoms with Crippen LogP contribution in [0.5, 0.6) is 0 Å². The Hall–Kier alpha value is -0.570. The van der Waals surface area contributed by atoms with Gasteiger partial charge in [-0.15, -0.1) is 0 Å². The zero-order valence-electron chi connectivity index (χ0n) is 8.35. The summed E-state index contributed by atoms with van der Waals surface area (Å²) in [6.07, 6.45) is 3.85. The summed E-state index contributed by atoms with van der Waals surface area (Å²) in [4.78, 5) is 12.1. The molecule has 0 saturated carbocycles. The van der Waals surface area contributed by atoms with Gasteiger partial charge in [-0.2, -0.15) is 0 Å². The molecule has 0 unspecified atom stereocenters. The Morgan fingerprint density at radius 1 is 1.25 bits per heavy atom. The molecule has 0 rings (SSSR count). The first-order valence-electron chi connectivity index (χ1n) is 4.52. The van der Waals surface area contributed by atoms with Gasteiger partial charge in [0.05, 0.1) is 27.7 Å². The molecule has 0 aromatic carbocycles. The van der Waals surface area contributed by atoms with Crippen molar-refractivity contribution in [2.24, 2.45) is 0 Å². The molecule has 0 saturated heterocycles. The van der Waals surface area contributed by atoms with E-state index in [1.165, 1.54) is 25.0 Å². The van der Waals surface area contributed by atoms with Crippen LogP contribution in [0, 0.1) is 0 Å². The van der Waals surface area contributed by atoms with Crippen LogP contribution in [-0.2, 0) is 9.53 Å². The van der Waals surface area contributed by atoms with E-state index in [2.05, 4.69) is 18.8 Å². The Labute approximate surface area is 74.7 Å². The normalized spacial score (nSPS) is 10.3. The molecule has 0 aromatic rings. The van der Waals surface area contributed by atoms with Crippen molar-refractivity contribution in [3.8, 4) is 0 Å². The number of ether oxygens (including phenoxy) is 1. The monoisotopic (exact) mass is 174 g/mol. The van der Waals surface area contributed by atoms with E-state index in [4.69, 9.17) is 0 Å². The molecular formula is C9H20NO2+. The van der Waals surface area contributed by atoms with Gasteiger partial charge >= 0.3 is 5.97 Å². The number of carbonyl (C=O) groups excluding carboxylic acids is 1. The molecule has 0 fully saturated rings. The van der Waals surface area contributed by atoms with Gasteiger partial charge in [0.15, 0.2) is 0 Å². The van der Waals surface area contributed by atoms with Crippen LogP contribution in [0.4, 0.5) is 0 Å². The Kier molecular flexibility index (Phi) is 6.76. The third-order valence-corrected chi connectivity index (χ3v) is 1.79. The lowest BCUT2D eigenvalue weighted by Gasteiger charge is -2.05. The molecule has 0 aromatic heterocycles. The highest BCUT2D eigenvalue weighted by atomic mass is 16.5. The summed E-state index contributed by atoms with van der Waals surface area (Å²) in [5.41, 5.74) is 0. The highest BCUT2D eigenvalue weighted by Crippen LogP contribution is 1.98. The van der Waals surface area contributed by atoms with Crippen LogP contribution in [-0.4, -0.2) is 33.7 Å². The van der Waals surface area contributed by atoms with Crippen LogP contribution in [0.1, 0.15) is 25.7 Å². The number of hydrogen-bond acceptors (Lipinski definition) is 2. The number of methoxy groups -OCH3 is 1. The fourth-order valence-corrected chi connectivity index (χ4v) is 1.03. The first kappa shape index (κ1) is 11.4. The molecule has 0 atom stereocenters. The molecule has 0 radical (unpaired) electrons. The van der Waals surface area contributed by atoms with Crippen LogP contribution < -0.4 is 4.90 Å². The molecule has 0 heterocycles. The molecule has 3 heteroatoms. The van der Waals surface area contributed by atoms with E-state index in [1.54, 1.807) is 0 Å². The van der Waals surface area contributed by atoms with Crippen LogP contribution in [0.15, 0.2) is 0 Å². The van der Waals surface area contributed by atoms with Gasteiger partial charge in [0.1, 0.15) is 0 Å². The average molecular weight is 174 g/mol. The van der Waals surface area contributed by atoms with Crippen LogP contribution in [0.25, 0.3) is 0 Å². The first-order chi connectivity index (χ1) is 5.66. The summed E-state index contributed by atoms with van der Waals surface area (Å²) in [5, 5.41) is 0. The molecule has 0 aliphatic rings. The molecular weight excluding hydrogens is 154 g/mol. The number of carbonyl (C=O) groups is 1. The minimum Gasteiger partial charge on any atom is -0.469 e. The van der Waals surface area contributed by atoms with Crippen molar-refractivity contribution >= 4 is 5.97 Å². The maximum atomic E-state index is 10.7. The Bertz CT molecular complexity index is 124. The topological polar surface area (TPSA) is 30.7 Å². The van der Waals surface area contributed by atoms with E-state index in [0.29, 0.717) is 6.42 Å². The van der Waals surface area contributed by atoms with Crippen LogP contribution in [0.3, 0.4) is 0 Å². The highest BCUT2D eigenvalue weighted by molar-refractivity contribution is 5.68. The van der Waals surface area contributed by atoms with Gasteiger partial charge in [0, 0.05) is 6.42 Å². The molecule has 1 N–H and O–H groups in total. The second-order valence-electron chi connectivity index (χ2n) is 3.34. The number of rotatable bonds is 6. The SMILES string of the molecule is COC(=O)CCCCC[NH+](C)C. The highest BCUT2D eigenvalue weighted by Gasteiger charge is 1.99. The van der Waals surface area contributed by atoms with Gasteiger partial charge in [0.25, 0.3) is 0 Å². The Morgan fingerprint density at radius 3 is 2.42 bits per heavy atom. The molecule has 0 spiro atoms. The number of quaternary nitrogens is 1. The van der Waals surface area contributed by atoms with Crippen molar-refractivity contribution in [2.45, 2.75) is 25.7 Å². The second kappa shape index (κ2) is 7.10. The van der Waals surface area contributed by atoms with Gasteiger partial charge in [-0.1, -0.05) is 0 Å². The lowest BCUT2D eigenvalue weighted by atomic mass is 10.2. The quantitative estimate of drug-likeness (QED) is 0.449. The average Bonchev–Trinajstić information content (AvgIpc) is 2.03.